The van der Waals surface area contributed by atoms with Gasteiger partial charge in [-0.15, -0.1) is 0 Å². The fraction of sp³-hybridized carbons (Fsp3) is 0.538. The lowest BCUT2D eigenvalue weighted by Gasteiger charge is -2.25. The highest BCUT2D eigenvalue weighted by atomic mass is 16.4. The molecule has 1 amide bonds. The maximum atomic E-state index is 11.6. The molecule has 0 aromatic carbocycles. The number of carboxylic acids is 1. The lowest BCUT2D eigenvalue weighted by molar-refractivity contribution is -0.144. The van der Waals surface area contributed by atoms with Gasteiger partial charge in [0, 0.05) is 0 Å². The van der Waals surface area contributed by atoms with Crippen molar-refractivity contribution in [3.63, 3.8) is 0 Å². The molecule has 1 heterocycles. The SMILES string of the molecule is CCCC(C)(NCC(=O)NCc1ccco1)C(=O)O. The first-order valence-electron chi connectivity index (χ1n) is 6.25. The monoisotopic (exact) mass is 268 g/mol. The van der Waals surface area contributed by atoms with Gasteiger partial charge in [0.05, 0.1) is 19.4 Å². The van der Waals surface area contributed by atoms with E-state index >= 15 is 0 Å². The Labute approximate surface area is 112 Å². The molecule has 106 valence electrons. The van der Waals surface area contributed by atoms with Gasteiger partial charge in [0.1, 0.15) is 11.3 Å². The molecule has 0 fully saturated rings. The van der Waals surface area contributed by atoms with Crippen molar-refractivity contribution in [3.8, 4) is 0 Å². The molecule has 0 radical (unpaired) electrons. The molecule has 1 aromatic rings. The Bertz CT molecular complexity index is 416. The number of nitrogens with one attached hydrogen (secondary N) is 2. The molecule has 0 aliphatic carbocycles. The van der Waals surface area contributed by atoms with E-state index in [4.69, 9.17) is 9.52 Å². The third-order valence-electron chi connectivity index (χ3n) is 2.90. The highest BCUT2D eigenvalue weighted by Gasteiger charge is 2.31. The van der Waals surface area contributed by atoms with Gasteiger partial charge in [-0.25, -0.2) is 0 Å². The van der Waals surface area contributed by atoms with Crippen LogP contribution in [0.3, 0.4) is 0 Å². The smallest absolute Gasteiger partial charge is 0.323 e. The van der Waals surface area contributed by atoms with E-state index in [1.54, 1.807) is 19.1 Å². The van der Waals surface area contributed by atoms with Crippen molar-refractivity contribution in [3.05, 3.63) is 24.2 Å². The number of rotatable bonds is 8. The lowest BCUT2D eigenvalue weighted by Crippen LogP contribution is -2.52. The minimum atomic E-state index is -1.07. The second-order valence-electron chi connectivity index (χ2n) is 4.60. The number of furan rings is 1. The zero-order valence-corrected chi connectivity index (χ0v) is 11.2. The molecular weight excluding hydrogens is 248 g/mol. The summed E-state index contributed by atoms with van der Waals surface area (Å²) < 4.78 is 5.08. The molecule has 0 bridgehead atoms. The molecule has 0 aliphatic heterocycles. The molecule has 1 atom stereocenters. The Hall–Kier alpha value is -1.82. The average Bonchev–Trinajstić information content (AvgIpc) is 2.87. The van der Waals surface area contributed by atoms with Crippen LogP contribution in [0.4, 0.5) is 0 Å². The molecule has 0 saturated heterocycles. The van der Waals surface area contributed by atoms with Gasteiger partial charge in [0.2, 0.25) is 5.91 Å². The quantitative estimate of drug-likeness (QED) is 0.657. The van der Waals surface area contributed by atoms with E-state index in [1.165, 1.54) is 6.26 Å². The number of carbonyl (C=O) groups is 2. The standard InChI is InChI=1S/C13H20N2O4/c1-3-6-13(2,12(17)18)15-9-11(16)14-8-10-5-4-7-19-10/h4-5,7,15H,3,6,8-9H2,1-2H3,(H,14,16)(H,17,18). The van der Waals surface area contributed by atoms with E-state index in [1.807, 2.05) is 6.92 Å². The van der Waals surface area contributed by atoms with Crippen molar-refractivity contribution in [1.82, 2.24) is 10.6 Å². The molecule has 1 aromatic heterocycles. The molecule has 6 heteroatoms. The number of carbonyl (C=O) groups excluding carboxylic acids is 1. The summed E-state index contributed by atoms with van der Waals surface area (Å²) in [5.41, 5.74) is -1.07. The molecule has 3 N–H and O–H groups in total. The van der Waals surface area contributed by atoms with E-state index in [2.05, 4.69) is 10.6 Å². The summed E-state index contributed by atoms with van der Waals surface area (Å²) in [4.78, 5) is 22.8. The van der Waals surface area contributed by atoms with Crippen LogP contribution in [0.2, 0.25) is 0 Å². The number of hydrogen-bond donors (Lipinski definition) is 3. The van der Waals surface area contributed by atoms with Crippen LogP contribution in [0.1, 0.15) is 32.4 Å². The Kier molecular flexibility index (Phi) is 5.57. The van der Waals surface area contributed by atoms with E-state index in [9.17, 15) is 9.59 Å². The summed E-state index contributed by atoms with van der Waals surface area (Å²) in [5, 5.41) is 14.6. The van der Waals surface area contributed by atoms with Crippen LogP contribution >= 0.6 is 0 Å². The topological polar surface area (TPSA) is 91.6 Å². The summed E-state index contributed by atoms with van der Waals surface area (Å²) in [6, 6.07) is 3.49. The summed E-state index contributed by atoms with van der Waals surface area (Å²) in [5.74, 6) is -0.559. The molecule has 1 rings (SSSR count). The average molecular weight is 268 g/mol. The van der Waals surface area contributed by atoms with Crippen molar-refractivity contribution >= 4 is 11.9 Å². The minimum Gasteiger partial charge on any atom is -0.480 e. The van der Waals surface area contributed by atoms with E-state index in [0.29, 0.717) is 18.7 Å². The first-order chi connectivity index (χ1) is 8.98. The Morgan fingerprint density at radius 3 is 2.74 bits per heavy atom. The van der Waals surface area contributed by atoms with Crippen LogP contribution in [0.15, 0.2) is 22.8 Å². The third-order valence-corrected chi connectivity index (χ3v) is 2.90. The summed E-state index contributed by atoms with van der Waals surface area (Å²) >= 11 is 0. The fourth-order valence-electron chi connectivity index (χ4n) is 1.71. The summed E-state index contributed by atoms with van der Waals surface area (Å²) in [6.07, 6.45) is 2.72. The van der Waals surface area contributed by atoms with Gasteiger partial charge in [0.15, 0.2) is 0 Å². The van der Waals surface area contributed by atoms with Gasteiger partial charge in [0.25, 0.3) is 0 Å². The Balaban J connectivity index is 2.37. The summed E-state index contributed by atoms with van der Waals surface area (Å²) in [7, 11) is 0. The largest absolute Gasteiger partial charge is 0.480 e. The zero-order valence-electron chi connectivity index (χ0n) is 11.2. The van der Waals surface area contributed by atoms with Crippen molar-refractivity contribution in [2.24, 2.45) is 0 Å². The number of aliphatic carboxylic acids is 1. The third kappa shape index (κ3) is 4.75. The van der Waals surface area contributed by atoms with Crippen molar-refractivity contribution in [2.45, 2.75) is 38.8 Å². The van der Waals surface area contributed by atoms with Gasteiger partial charge in [-0.05, 0) is 25.5 Å². The maximum Gasteiger partial charge on any atom is 0.323 e. The zero-order chi connectivity index (χ0) is 14.3. The van der Waals surface area contributed by atoms with Crippen LogP contribution < -0.4 is 10.6 Å². The van der Waals surface area contributed by atoms with Crippen LogP contribution in [-0.2, 0) is 16.1 Å². The molecule has 0 saturated carbocycles. The highest BCUT2D eigenvalue weighted by Crippen LogP contribution is 2.11. The van der Waals surface area contributed by atoms with Crippen LogP contribution in [0.25, 0.3) is 0 Å². The molecule has 19 heavy (non-hydrogen) atoms. The van der Waals surface area contributed by atoms with Crippen molar-refractivity contribution < 1.29 is 19.1 Å². The minimum absolute atomic E-state index is 0.0382. The molecular formula is C13H20N2O4. The van der Waals surface area contributed by atoms with Gasteiger partial charge >= 0.3 is 5.97 Å². The van der Waals surface area contributed by atoms with Gasteiger partial charge in [-0.2, -0.15) is 0 Å². The first kappa shape index (κ1) is 15.2. The van der Waals surface area contributed by atoms with Crippen LogP contribution in [-0.4, -0.2) is 29.1 Å². The number of amides is 1. The predicted octanol–water partition coefficient (Wildman–Crippen LogP) is 1.13. The molecule has 6 nitrogen and oxygen atoms in total. The normalized spacial score (nSPS) is 13.8. The Morgan fingerprint density at radius 1 is 1.47 bits per heavy atom. The fourth-order valence-corrected chi connectivity index (χ4v) is 1.71. The second kappa shape index (κ2) is 6.94. The Morgan fingerprint density at radius 2 is 2.21 bits per heavy atom. The van der Waals surface area contributed by atoms with Gasteiger partial charge in [-0.3, -0.25) is 14.9 Å². The number of carboxylic acid groups (broad SMARTS) is 1. The maximum absolute atomic E-state index is 11.6. The summed E-state index contributed by atoms with van der Waals surface area (Å²) in [6.45, 7) is 3.74. The van der Waals surface area contributed by atoms with Crippen molar-refractivity contribution in [2.75, 3.05) is 6.54 Å². The van der Waals surface area contributed by atoms with E-state index in [-0.39, 0.29) is 12.5 Å². The number of hydrogen-bond acceptors (Lipinski definition) is 4. The second-order valence-corrected chi connectivity index (χ2v) is 4.60. The first-order valence-corrected chi connectivity index (χ1v) is 6.25. The van der Waals surface area contributed by atoms with Gasteiger partial charge < -0.3 is 14.8 Å². The lowest BCUT2D eigenvalue weighted by atomic mass is 9.96. The van der Waals surface area contributed by atoms with E-state index < -0.39 is 11.5 Å². The van der Waals surface area contributed by atoms with Crippen molar-refractivity contribution in [1.29, 1.82) is 0 Å². The predicted molar refractivity (Wildman–Crippen MR) is 69.5 cm³/mol. The van der Waals surface area contributed by atoms with Crippen LogP contribution in [0, 0.1) is 0 Å². The molecule has 0 aliphatic rings. The molecule has 1 unspecified atom stereocenters. The van der Waals surface area contributed by atoms with E-state index in [0.717, 1.165) is 6.42 Å². The van der Waals surface area contributed by atoms with Crippen LogP contribution in [0.5, 0.6) is 0 Å². The van der Waals surface area contributed by atoms with Gasteiger partial charge in [-0.1, -0.05) is 13.3 Å². The molecule has 0 spiro atoms. The highest BCUT2D eigenvalue weighted by molar-refractivity contribution is 5.81.